The van der Waals surface area contributed by atoms with Crippen molar-refractivity contribution in [1.82, 2.24) is 5.32 Å². The van der Waals surface area contributed by atoms with Crippen molar-refractivity contribution < 1.29 is 12.8 Å². The number of sulfone groups is 1. The molecular formula is C10H14FNO2S. The Kier molecular flexibility index (Phi) is 4.23. The molecule has 84 valence electrons. The highest BCUT2D eigenvalue weighted by Gasteiger charge is 2.17. The zero-order chi connectivity index (χ0) is 11.3. The van der Waals surface area contributed by atoms with Gasteiger partial charge in [-0.05, 0) is 31.6 Å². The Labute approximate surface area is 89.2 Å². The Bertz CT molecular complexity index is 417. The molecule has 0 aromatic heterocycles. The highest BCUT2D eigenvalue weighted by Crippen LogP contribution is 2.17. The van der Waals surface area contributed by atoms with Gasteiger partial charge in [0.05, 0.1) is 4.90 Å². The maximum atomic E-state index is 12.4. The third-order valence-corrected chi connectivity index (χ3v) is 3.45. The lowest BCUT2D eigenvalue weighted by Gasteiger charge is -2.07. The smallest absolute Gasteiger partial charge is 0.207 e. The average molecular weight is 231 g/mol. The van der Waals surface area contributed by atoms with Gasteiger partial charge < -0.3 is 5.32 Å². The minimum absolute atomic E-state index is 0.0998. The van der Waals surface area contributed by atoms with E-state index in [0.29, 0.717) is 18.5 Å². The van der Waals surface area contributed by atoms with Gasteiger partial charge in [-0.15, -0.1) is 0 Å². The molecule has 3 nitrogen and oxygen atoms in total. The first-order chi connectivity index (χ1) is 7.11. The van der Waals surface area contributed by atoms with Gasteiger partial charge in [0.15, 0.2) is 6.01 Å². The van der Waals surface area contributed by atoms with E-state index in [1.54, 1.807) is 25.2 Å². The topological polar surface area (TPSA) is 46.2 Å². The van der Waals surface area contributed by atoms with E-state index in [2.05, 4.69) is 5.32 Å². The summed E-state index contributed by atoms with van der Waals surface area (Å²) in [7, 11) is -1.97. The molecule has 1 rings (SSSR count). The SMILES string of the molecule is CNCCc1ccccc1S(=O)(=O)CF. The lowest BCUT2D eigenvalue weighted by molar-refractivity contribution is 0.533. The van der Waals surface area contributed by atoms with E-state index in [1.165, 1.54) is 6.07 Å². The maximum absolute atomic E-state index is 12.4. The van der Waals surface area contributed by atoms with E-state index in [4.69, 9.17) is 0 Å². The number of nitrogens with one attached hydrogen (secondary N) is 1. The molecule has 0 saturated heterocycles. The van der Waals surface area contributed by atoms with Crippen molar-refractivity contribution in [2.45, 2.75) is 11.3 Å². The highest BCUT2D eigenvalue weighted by molar-refractivity contribution is 7.91. The Hall–Kier alpha value is -0.940. The van der Waals surface area contributed by atoms with Gasteiger partial charge in [-0.2, -0.15) is 0 Å². The minimum atomic E-state index is -3.75. The Morgan fingerprint density at radius 1 is 1.33 bits per heavy atom. The third-order valence-electron chi connectivity index (χ3n) is 2.10. The van der Waals surface area contributed by atoms with Crippen LogP contribution in [0.25, 0.3) is 0 Å². The van der Waals surface area contributed by atoms with Gasteiger partial charge in [-0.25, -0.2) is 12.8 Å². The van der Waals surface area contributed by atoms with Gasteiger partial charge in [0, 0.05) is 0 Å². The molecule has 0 heterocycles. The summed E-state index contributed by atoms with van der Waals surface area (Å²) in [5, 5.41) is 2.92. The fraction of sp³-hybridized carbons (Fsp3) is 0.400. The molecular weight excluding hydrogens is 217 g/mol. The predicted octanol–water partition coefficient (Wildman–Crippen LogP) is 1.15. The predicted molar refractivity (Wildman–Crippen MR) is 57.2 cm³/mol. The van der Waals surface area contributed by atoms with Crippen molar-refractivity contribution in [3.05, 3.63) is 29.8 Å². The molecule has 0 atom stereocenters. The molecule has 0 aliphatic heterocycles. The van der Waals surface area contributed by atoms with Crippen LogP contribution >= 0.6 is 0 Å². The number of rotatable bonds is 5. The van der Waals surface area contributed by atoms with Gasteiger partial charge in [0.25, 0.3) is 0 Å². The number of halogens is 1. The van der Waals surface area contributed by atoms with Crippen LogP contribution in [0, 0.1) is 0 Å². The molecule has 1 aromatic rings. The fourth-order valence-electron chi connectivity index (χ4n) is 1.33. The first-order valence-corrected chi connectivity index (χ1v) is 6.28. The van der Waals surface area contributed by atoms with Crippen LogP contribution in [0.1, 0.15) is 5.56 Å². The maximum Gasteiger partial charge on any atom is 0.207 e. The quantitative estimate of drug-likeness (QED) is 0.827. The Morgan fingerprint density at radius 3 is 2.60 bits per heavy atom. The van der Waals surface area contributed by atoms with E-state index in [0.717, 1.165) is 0 Å². The van der Waals surface area contributed by atoms with Gasteiger partial charge >= 0.3 is 0 Å². The largest absolute Gasteiger partial charge is 0.319 e. The van der Waals surface area contributed by atoms with Crippen molar-refractivity contribution in [3.63, 3.8) is 0 Å². The Morgan fingerprint density at radius 2 is 2.00 bits per heavy atom. The minimum Gasteiger partial charge on any atom is -0.319 e. The molecule has 0 radical (unpaired) electrons. The highest BCUT2D eigenvalue weighted by atomic mass is 32.2. The van der Waals surface area contributed by atoms with Gasteiger partial charge in [-0.1, -0.05) is 18.2 Å². The number of likely N-dealkylation sites (N-methyl/N-ethyl adjacent to an activating group) is 1. The summed E-state index contributed by atoms with van der Waals surface area (Å²) in [4.78, 5) is 0.0998. The first kappa shape index (κ1) is 12.1. The van der Waals surface area contributed by atoms with Crippen LogP contribution in [0.4, 0.5) is 4.39 Å². The summed E-state index contributed by atoms with van der Waals surface area (Å²) in [6, 6.07) is 5.16. The summed E-state index contributed by atoms with van der Waals surface area (Å²) in [5.74, 6) is 0. The molecule has 1 aromatic carbocycles. The van der Waals surface area contributed by atoms with Crippen LogP contribution in [0.3, 0.4) is 0 Å². The van der Waals surface area contributed by atoms with Crippen LogP contribution in [-0.2, 0) is 16.3 Å². The monoisotopic (exact) mass is 231 g/mol. The third kappa shape index (κ3) is 3.00. The van der Waals surface area contributed by atoms with E-state index < -0.39 is 15.8 Å². The molecule has 5 heteroatoms. The Balaban J connectivity index is 3.07. The number of hydrogen-bond donors (Lipinski definition) is 1. The van der Waals surface area contributed by atoms with Crippen LogP contribution in [0.15, 0.2) is 29.2 Å². The van der Waals surface area contributed by atoms with Crippen LogP contribution < -0.4 is 5.32 Å². The normalized spacial score (nSPS) is 11.6. The van der Waals surface area contributed by atoms with E-state index >= 15 is 0 Å². The summed E-state index contributed by atoms with van der Waals surface area (Å²) in [6.45, 7) is 0.665. The van der Waals surface area contributed by atoms with Gasteiger partial charge in [-0.3, -0.25) is 0 Å². The molecule has 0 bridgehead atoms. The van der Waals surface area contributed by atoms with E-state index in [9.17, 15) is 12.8 Å². The summed E-state index contributed by atoms with van der Waals surface area (Å²) < 4.78 is 35.1. The van der Waals surface area contributed by atoms with Crippen molar-refractivity contribution in [2.75, 3.05) is 19.6 Å². The molecule has 0 fully saturated rings. The standard InChI is InChI=1S/C10H14FNO2S/c1-12-7-6-9-4-2-3-5-10(9)15(13,14)8-11/h2-5,12H,6-8H2,1H3. The molecule has 0 unspecified atom stereocenters. The zero-order valence-electron chi connectivity index (χ0n) is 8.53. The van der Waals surface area contributed by atoms with Gasteiger partial charge in [0.1, 0.15) is 0 Å². The van der Waals surface area contributed by atoms with Crippen molar-refractivity contribution in [3.8, 4) is 0 Å². The average Bonchev–Trinajstić information content (AvgIpc) is 2.26. The molecule has 0 aliphatic carbocycles. The van der Waals surface area contributed by atoms with E-state index in [-0.39, 0.29) is 4.90 Å². The van der Waals surface area contributed by atoms with Crippen molar-refractivity contribution in [2.24, 2.45) is 0 Å². The second-order valence-electron chi connectivity index (χ2n) is 3.19. The fourth-order valence-corrected chi connectivity index (χ4v) is 2.31. The lowest BCUT2D eigenvalue weighted by atomic mass is 10.1. The van der Waals surface area contributed by atoms with Crippen molar-refractivity contribution >= 4 is 9.84 Å². The lowest BCUT2D eigenvalue weighted by Crippen LogP contribution is -2.13. The number of hydrogen-bond acceptors (Lipinski definition) is 3. The number of alkyl halides is 1. The molecule has 0 aliphatic rings. The molecule has 0 amide bonds. The number of benzene rings is 1. The first-order valence-electron chi connectivity index (χ1n) is 4.63. The van der Waals surface area contributed by atoms with Crippen LogP contribution in [-0.4, -0.2) is 28.0 Å². The molecule has 1 N–H and O–H groups in total. The molecule has 0 saturated carbocycles. The van der Waals surface area contributed by atoms with Gasteiger partial charge in [0.2, 0.25) is 9.84 Å². The van der Waals surface area contributed by atoms with Crippen molar-refractivity contribution in [1.29, 1.82) is 0 Å². The summed E-state index contributed by atoms with van der Waals surface area (Å²) >= 11 is 0. The van der Waals surface area contributed by atoms with Crippen LogP contribution in [0.5, 0.6) is 0 Å². The second-order valence-corrected chi connectivity index (χ2v) is 5.07. The van der Waals surface area contributed by atoms with Crippen LogP contribution in [0.2, 0.25) is 0 Å². The second kappa shape index (κ2) is 5.23. The zero-order valence-corrected chi connectivity index (χ0v) is 9.35. The molecule has 0 spiro atoms. The summed E-state index contributed by atoms with van der Waals surface area (Å²) in [6.07, 6.45) is 0.575. The van der Waals surface area contributed by atoms with E-state index in [1.807, 2.05) is 0 Å². The summed E-state index contributed by atoms with van der Waals surface area (Å²) in [5.41, 5.74) is 0.657. The molecule has 15 heavy (non-hydrogen) atoms.